The monoisotopic (exact) mass is 429 g/mol. The second-order valence-electron chi connectivity index (χ2n) is 8.11. The van der Waals surface area contributed by atoms with Crippen molar-refractivity contribution in [3.05, 3.63) is 89.5 Å². The van der Waals surface area contributed by atoms with E-state index in [0.717, 1.165) is 19.6 Å². The van der Waals surface area contributed by atoms with E-state index in [9.17, 15) is 9.18 Å². The van der Waals surface area contributed by atoms with Crippen LogP contribution in [0.5, 0.6) is 0 Å². The van der Waals surface area contributed by atoms with Crippen LogP contribution in [-0.4, -0.2) is 56.7 Å². The van der Waals surface area contributed by atoms with E-state index < -0.39 is 0 Å². The van der Waals surface area contributed by atoms with Crippen LogP contribution in [0, 0.1) is 12.7 Å². The van der Waals surface area contributed by atoms with E-state index in [1.54, 1.807) is 30.5 Å². The molecule has 3 heterocycles. The number of halogens is 1. The first-order valence-corrected chi connectivity index (χ1v) is 10.8. The van der Waals surface area contributed by atoms with Crippen LogP contribution < -0.4 is 0 Å². The molecule has 4 aromatic rings. The molecule has 0 unspecified atom stereocenters. The fourth-order valence-corrected chi connectivity index (χ4v) is 4.22. The van der Waals surface area contributed by atoms with E-state index in [-0.39, 0.29) is 11.7 Å². The van der Waals surface area contributed by atoms with Crippen molar-refractivity contribution in [2.75, 3.05) is 26.2 Å². The van der Waals surface area contributed by atoms with Crippen molar-refractivity contribution >= 4 is 16.9 Å². The zero-order chi connectivity index (χ0) is 22.1. The SMILES string of the molecule is Cc1cc(C(=O)N2CCN(Cc3ccccc3)CC2)c2cnn(-c3ccccc3F)c2n1. The van der Waals surface area contributed by atoms with Crippen molar-refractivity contribution in [1.29, 1.82) is 0 Å². The highest BCUT2D eigenvalue weighted by Crippen LogP contribution is 2.24. The van der Waals surface area contributed by atoms with Crippen LogP contribution in [0.25, 0.3) is 16.7 Å². The molecule has 0 saturated carbocycles. The summed E-state index contributed by atoms with van der Waals surface area (Å²) in [4.78, 5) is 22.2. The third kappa shape index (κ3) is 3.87. The molecule has 1 amide bonds. The van der Waals surface area contributed by atoms with Crippen LogP contribution in [0.1, 0.15) is 21.6 Å². The van der Waals surface area contributed by atoms with Crippen molar-refractivity contribution < 1.29 is 9.18 Å². The van der Waals surface area contributed by atoms with Crippen molar-refractivity contribution in [2.24, 2.45) is 0 Å². The van der Waals surface area contributed by atoms with E-state index in [4.69, 9.17) is 0 Å². The predicted octanol–water partition coefficient (Wildman–Crippen LogP) is 3.83. The van der Waals surface area contributed by atoms with Gasteiger partial charge in [-0.1, -0.05) is 42.5 Å². The first-order valence-electron chi connectivity index (χ1n) is 10.8. The highest BCUT2D eigenvalue weighted by atomic mass is 19.1. The molecule has 0 N–H and O–H groups in total. The first kappa shape index (κ1) is 20.3. The van der Waals surface area contributed by atoms with E-state index in [2.05, 4.69) is 27.1 Å². The largest absolute Gasteiger partial charge is 0.336 e. The first-order chi connectivity index (χ1) is 15.6. The Morgan fingerprint density at radius 1 is 1.00 bits per heavy atom. The smallest absolute Gasteiger partial charge is 0.254 e. The molecule has 0 aliphatic carbocycles. The minimum Gasteiger partial charge on any atom is -0.336 e. The maximum atomic E-state index is 14.4. The summed E-state index contributed by atoms with van der Waals surface area (Å²) >= 11 is 0. The number of piperazine rings is 1. The lowest BCUT2D eigenvalue weighted by atomic mass is 10.1. The van der Waals surface area contributed by atoms with Gasteiger partial charge in [0.2, 0.25) is 0 Å². The van der Waals surface area contributed by atoms with E-state index in [1.165, 1.54) is 16.3 Å². The highest BCUT2D eigenvalue weighted by molar-refractivity contribution is 6.05. The minimum absolute atomic E-state index is 0.0343. The normalized spacial score (nSPS) is 14.8. The number of aryl methyl sites for hydroxylation is 1. The van der Waals surface area contributed by atoms with Crippen LogP contribution in [0.3, 0.4) is 0 Å². The maximum Gasteiger partial charge on any atom is 0.254 e. The number of pyridine rings is 1. The van der Waals surface area contributed by atoms with Gasteiger partial charge in [0, 0.05) is 38.4 Å². The summed E-state index contributed by atoms with van der Waals surface area (Å²) in [5.41, 5.74) is 3.34. The molecular weight excluding hydrogens is 405 g/mol. The highest BCUT2D eigenvalue weighted by Gasteiger charge is 2.25. The molecule has 2 aromatic heterocycles. The average Bonchev–Trinajstić information content (AvgIpc) is 3.23. The minimum atomic E-state index is -0.386. The number of amides is 1. The summed E-state index contributed by atoms with van der Waals surface area (Å²) in [7, 11) is 0. The molecular formula is C25H24FN5O. The number of fused-ring (bicyclic) bond motifs is 1. The Bertz CT molecular complexity index is 1260. The van der Waals surface area contributed by atoms with Crippen molar-refractivity contribution in [3.63, 3.8) is 0 Å². The fraction of sp³-hybridized carbons (Fsp3) is 0.240. The van der Waals surface area contributed by atoms with Gasteiger partial charge in [-0.2, -0.15) is 5.10 Å². The Morgan fingerprint density at radius 3 is 2.47 bits per heavy atom. The second kappa shape index (κ2) is 8.51. The quantitative estimate of drug-likeness (QED) is 0.495. The third-order valence-electron chi connectivity index (χ3n) is 5.89. The van der Waals surface area contributed by atoms with Gasteiger partial charge in [-0.05, 0) is 30.7 Å². The molecule has 32 heavy (non-hydrogen) atoms. The lowest BCUT2D eigenvalue weighted by molar-refractivity contribution is 0.0630. The topological polar surface area (TPSA) is 54.3 Å². The van der Waals surface area contributed by atoms with Crippen LogP contribution in [0.2, 0.25) is 0 Å². The molecule has 0 atom stereocenters. The predicted molar refractivity (Wildman–Crippen MR) is 121 cm³/mol. The van der Waals surface area contributed by atoms with Gasteiger partial charge in [0.25, 0.3) is 5.91 Å². The molecule has 1 fully saturated rings. The molecule has 1 aliphatic heterocycles. The molecule has 162 valence electrons. The van der Waals surface area contributed by atoms with Gasteiger partial charge in [-0.3, -0.25) is 9.69 Å². The second-order valence-corrected chi connectivity index (χ2v) is 8.11. The number of rotatable bonds is 4. The Balaban J connectivity index is 1.38. The van der Waals surface area contributed by atoms with Gasteiger partial charge < -0.3 is 4.90 Å². The van der Waals surface area contributed by atoms with Gasteiger partial charge in [0.1, 0.15) is 11.5 Å². The Kier molecular flexibility index (Phi) is 5.41. The van der Waals surface area contributed by atoms with E-state index in [1.807, 2.05) is 30.0 Å². The zero-order valence-corrected chi connectivity index (χ0v) is 17.9. The van der Waals surface area contributed by atoms with Crippen LogP contribution in [0.15, 0.2) is 66.9 Å². The summed E-state index contributed by atoms with van der Waals surface area (Å²) in [6, 6.07) is 18.6. The van der Waals surface area contributed by atoms with Gasteiger partial charge in [-0.25, -0.2) is 14.1 Å². The van der Waals surface area contributed by atoms with Gasteiger partial charge >= 0.3 is 0 Å². The number of hydrogen-bond acceptors (Lipinski definition) is 4. The number of aromatic nitrogens is 3. The summed E-state index contributed by atoms with van der Waals surface area (Å²) in [6.07, 6.45) is 1.60. The standard InChI is InChI=1S/C25H24FN5O/c1-18-15-20(21-16-27-31(24(21)28-18)23-10-6-5-9-22(23)26)25(32)30-13-11-29(12-14-30)17-19-7-3-2-4-8-19/h2-10,15-16H,11-14,17H2,1H3. The van der Waals surface area contributed by atoms with Crippen LogP contribution in [0.4, 0.5) is 4.39 Å². The Hall–Kier alpha value is -3.58. The van der Waals surface area contributed by atoms with Gasteiger partial charge in [0.15, 0.2) is 5.65 Å². The van der Waals surface area contributed by atoms with Crippen LogP contribution >= 0.6 is 0 Å². The molecule has 1 aliphatic rings. The molecule has 5 rings (SSSR count). The third-order valence-corrected chi connectivity index (χ3v) is 5.89. The number of hydrogen-bond donors (Lipinski definition) is 0. The number of nitrogens with zero attached hydrogens (tertiary/aromatic N) is 5. The van der Waals surface area contributed by atoms with E-state index >= 15 is 0 Å². The Morgan fingerprint density at radius 2 is 1.72 bits per heavy atom. The molecule has 2 aromatic carbocycles. The van der Waals surface area contributed by atoms with Crippen molar-refractivity contribution in [3.8, 4) is 5.69 Å². The maximum absolute atomic E-state index is 14.4. The zero-order valence-electron chi connectivity index (χ0n) is 17.9. The van der Waals surface area contributed by atoms with Gasteiger partial charge in [-0.15, -0.1) is 0 Å². The molecule has 0 radical (unpaired) electrons. The van der Waals surface area contributed by atoms with Gasteiger partial charge in [0.05, 0.1) is 17.1 Å². The number of benzene rings is 2. The Labute approximate surface area is 185 Å². The van der Waals surface area contributed by atoms with E-state index in [0.29, 0.717) is 41.1 Å². The number of carbonyl (C=O) groups is 1. The van der Waals surface area contributed by atoms with Crippen LogP contribution in [-0.2, 0) is 6.54 Å². The lowest BCUT2D eigenvalue weighted by Gasteiger charge is -2.35. The fourth-order valence-electron chi connectivity index (χ4n) is 4.22. The summed E-state index contributed by atoms with van der Waals surface area (Å²) < 4.78 is 15.8. The molecule has 7 heteroatoms. The average molecular weight is 429 g/mol. The van der Waals surface area contributed by atoms with Crippen molar-refractivity contribution in [1.82, 2.24) is 24.6 Å². The summed E-state index contributed by atoms with van der Waals surface area (Å²) in [6.45, 7) is 5.69. The number of para-hydroxylation sites is 1. The lowest BCUT2D eigenvalue weighted by Crippen LogP contribution is -2.48. The molecule has 1 saturated heterocycles. The summed E-state index contributed by atoms with van der Waals surface area (Å²) in [5.74, 6) is -0.420. The van der Waals surface area contributed by atoms with Crippen molar-refractivity contribution in [2.45, 2.75) is 13.5 Å². The summed E-state index contributed by atoms with van der Waals surface area (Å²) in [5, 5.41) is 4.98. The number of carbonyl (C=O) groups excluding carboxylic acids is 1. The molecule has 0 bridgehead atoms. The molecule has 0 spiro atoms. The molecule has 6 nitrogen and oxygen atoms in total.